The molecule has 3 atom stereocenters. The van der Waals surface area contributed by atoms with E-state index < -0.39 is 42.6 Å². The summed E-state index contributed by atoms with van der Waals surface area (Å²) in [5.74, 6) is 3.65. The number of imidazole rings is 1. The molecular formula is C34H39F5N6O4. The number of fused-ring (bicyclic) bond motifs is 1. The van der Waals surface area contributed by atoms with Crippen LogP contribution in [0.4, 0.5) is 27.6 Å². The first-order valence-electron chi connectivity index (χ1n) is 15.9. The molecular weight excluding hydrogens is 651 g/mol. The second kappa shape index (κ2) is 15.0. The summed E-state index contributed by atoms with van der Waals surface area (Å²) in [5.41, 5.74) is 0.291. The van der Waals surface area contributed by atoms with E-state index in [1.54, 1.807) is 0 Å². The van der Waals surface area contributed by atoms with Gasteiger partial charge in [-0.25, -0.2) is 13.8 Å². The molecule has 2 saturated heterocycles. The van der Waals surface area contributed by atoms with E-state index in [1.165, 1.54) is 44.3 Å². The molecule has 3 heterocycles. The number of likely N-dealkylation sites (tertiary alicyclic amines) is 1. The maximum atomic E-state index is 15.6. The highest BCUT2D eigenvalue weighted by Crippen LogP contribution is 2.30. The highest BCUT2D eigenvalue weighted by atomic mass is 19.4. The van der Waals surface area contributed by atoms with Crippen LogP contribution in [0.1, 0.15) is 46.0 Å². The molecule has 2 N–H and O–H groups in total. The molecule has 0 spiro atoms. The van der Waals surface area contributed by atoms with Gasteiger partial charge in [-0.05, 0) is 37.0 Å². The van der Waals surface area contributed by atoms with E-state index in [9.17, 15) is 27.2 Å². The van der Waals surface area contributed by atoms with Crippen molar-refractivity contribution in [1.29, 1.82) is 0 Å². The summed E-state index contributed by atoms with van der Waals surface area (Å²) in [6, 6.07) is 4.57. The molecule has 0 aliphatic carbocycles. The molecule has 0 unspecified atom stereocenters. The van der Waals surface area contributed by atoms with Crippen molar-refractivity contribution < 1.29 is 41.0 Å². The van der Waals surface area contributed by atoms with Crippen LogP contribution in [0, 0.1) is 23.6 Å². The molecule has 2 aromatic carbocycles. The average Bonchev–Trinajstić information content (AvgIpc) is 3.45. The molecule has 2 aliphatic rings. The number of anilines is 1. The van der Waals surface area contributed by atoms with Gasteiger partial charge in [0.25, 0.3) is 11.8 Å². The van der Waals surface area contributed by atoms with Crippen molar-refractivity contribution in [2.75, 3.05) is 59.4 Å². The van der Waals surface area contributed by atoms with Crippen LogP contribution >= 0.6 is 0 Å². The first kappa shape index (κ1) is 35.9. The number of hydrogen-bond acceptors (Lipinski definition) is 7. The fourth-order valence-electron chi connectivity index (χ4n) is 6.34. The molecule has 2 fully saturated rings. The summed E-state index contributed by atoms with van der Waals surface area (Å²) in [4.78, 5) is 33.4. The van der Waals surface area contributed by atoms with E-state index in [0.29, 0.717) is 19.8 Å². The van der Waals surface area contributed by atoms with Gasteiger partial charge in [-0.2, -0.15) is 13.2 Å². The Kier molecular flexibility index (Phi) is 11.0. The van der Waals surface area contributed by atoms with Gasteiger partial charge in [-0.3, -0.25) is 14.5 Å². The minimum atomic E-state index is -4.56. The standard InChI is InChI=1S/C34H39F5N6O4/c1-20-16-44(22-7-10-49-11-8-22)17-26(36)30(20)42-32(46)24-12-21(13-28-31(24)41-19-45(28)18-34(37,38)39)6-5-9-40-27-15-25(35)23(14-29(27)48-4)33(47)43(2)3/h12-15,19-20,22,26,30,40H,7-11,16-18H2,1-4H3,(H,42,46)/t20-,26-,30+/m0/s1. The Bertz CT molecular complexity index is 1730. The Hall–Kier alpha value is -4.42. The molecule has 10 nitrogen and oxygen atoms in total. The number of nitrogens with zero attached hydrogens (tertiary/aromatic N) is 4. The topological polar surface area (TPSA) is 101 Å². The minimum absolute atomic E-state index is 0.0284. The second-order valence-corrected chi connectivity index (χ2v) is 12.6. The molecule has 3 aromatic rings. The summed E-state index contributed by atoms with van der Waals surface area (Å²) < 4.78 is 82.1. The van der Waals surface area contributed by atoms with Crippen LogP contribution in [0.5, 0.6) is 5.75 Å². The van der Waals surface area contributed by atoms with Crippen LogP contribution in [0.25, 0.3) is 11.0 Å². The molecule has 49 heavy (non-hydrogen) atoms. The summed E-state index contributed by atoms with van der Waals surface area (Å²) in [5, 5.41) is 5.70. The molecule has 264 valence electrons. The first-order chi connectivity index (χ1) is 23.3. The third kappa shape index (κ3) is 8.42. The van der Waals surface area contributed by atoms with Gasteiger partial charge in [0.2, 0.25) is 0 Å². The van der Waals surface area contributed by atoms with E-state index in [1.807, 2.05) is 6.92 Å². The first-order valence-corrected chi connectivity index (χ1v) is 15.9. The number of methoxy groups -OCH3 is 1. The highest BCUT2D eigenvalue weighted by molar-refractivity contribution is 6.05. The van der Waals surface area contributed by atoms with Crippen molar-refractivity contribution in [3.63, 3.8) is 0 Å². The number of rotatable bonds is 8. The van der Waals surface area contributed by atoms with Crippen molar-refractivity contribution in [3.8, 4) is 17.6 Å². The third-order valence-corrected chi connectivity index (χ3v) is 8.78. The molecule has 15 heteroatoms. The molecule has 0 saturated carbocycles. The normalized spacial score (nSPS) is 20.4. The molecule has 0 bridgehead atoms. The Balaban J connectivity index is 1.38. The van der Waals surface area contributed by atoms with Crippen molar-refractivity contribution in [1.82, 2.24) is 24.7 Å². The number of hydrogen-bond donors (Lipinski definition) is 2. The van der Waals surface area contributed by atoms with Gasteiger partial charge >= 0.3 is 6.18 Å². The van der Waals surface area contributed by atoms with E-state index in [-0.39, 0.29) is 64.2 Å². The predicted octanol–water partition coefficient (Wildman–Crippen LogP) is 4.48. The van der Waals surface area contributed by atoms with E-state index in [0.717, 1.165) is 29.8 Å². The predicted molar refractivity (Wildman–Crippen MR) is 173 cm³/mol. The van der Waals surface area contributed by atoms with Gasteiger partial charge in [-0.15, -0.1) is 0 Å². The number of carbonyl (C=O) groups excluding carboxylic acids is 2. The van der Waals surface area contributed by atoms with E-state index >= 15 is 4.39 Å². The molecule has 1 aromatic heterocycles. The number of halogens is 5. The average molecular weight is 691 g/mol. The third-order valence-electron chi connectivity index (χ3n) is 8.78. The Morgan fingerprint density at radius 2 is 1.86 bits per heavy atom. The Morgan fingerprint density at radius 3 is 2.51 bits per heavy atom. The highest BCUT2D eigenvalue weighted by Gasteiger charge is 2.39. The number of nitrogens with one attached hydrogen (secondary N) is 2. The minimum Gasteiger partial charge on any atom is -0.495 e. The number of ether oxygens (including phenoxy) is 2. The Morgan fingerprint density at radius 1 is 1.12 bits per heavy atom. The van der Waals surface area contributed by atoms with Crippen LogP contribution in [-0.2, 0) is 11.3 Å². The van der Waals surface area contributed by atoms with Crippen molar-refractivity contribution in [3.05, 3.63) is 53.1 Å². The summed E-state index contributed by atoms with van der Waals surface area (Å²) >= 11 is 0. The number of alkyl halides is 4. The zero-order valence-corrected chi connectivity index (χ0v) is 27.7. The van der Waals surface area contributed by atoms with Gasteiger partial charge in [0, 0.05) is 58.1 Å². The van der Waals surface area contributed by atoms with Gasteiger partial charge < -0.3 is 29.6 Å². The lowest BCUT2D eigenvalue weighted by atomic mass is 9.89. The fourth-order valence-corrected chi connectivity index (χ4v) is 6.34. The lowest BCUT2D eigenvalue weighted by Gasteiger charge is -2.44. The lowest BCUT2D eigenvalue weighted by Crippen LogP contribution is -2.59. The number of carbonyl (C=O) groups is 2. The SMILES string of the molecule is COc1cc(C(=O)N(C)C)c(F)cc1NCC#Cc1cc(C(=O)N[C@@H]2[C@@H](C)CN(C3CCOCC3)C[C@@H]2F)c2ncn(CC(F)(F)F)c2c1. The van der Waals surface area contributed by atoms with Crippen LogP contribution in [0.15, 0.2) is 30.6 Å². The zero-order valence-electron chi connectivity index (χ0n) is 27.7. The van der Waals surface area contributed by atoms with Gasteiger partial charge in [0.15, 0.2) is 0 Å². The van der Waals surface area contributed by atoms with E-state index in [2.05, 4.69) is 32.4 Å². The van der Waals surface area contributed by atoms with Gasteiger partial charge in [0.05, 0.1) is 48.4 Å². The smallest absolute Gasteiger partial charge is 0.406 e. The van der Waals surface area contributed by atoms with Crippen LogP contribution in [-0.4, -0.2) is 110 Å². The summed E-state index contributed by atoms with van der Waals surface area (Å²) in [7, 11) is 4.35. The molecule has 5 rings (SSSR count). The van der Waals surface area contributed by atoms with Crippen molar-refractivity contribution in [2.24, 2.45) is 5.92 Å². The number of benzene rings is 2. The lowest BCUT2D eigenvalue weighted by molar-refractivity contribution is -0.140. The van der Waals surface area contributed by atoms with Gasteiger partial charge in [-0.1, -0.05) is 18.8 Å². The maximum absolute atomic E-state index is 15.6. The Labute approximate surface area is 280 Å². The number of amides is 2. The fraction of sp³-hybridized carbons (Fsp3) is 0.500. The molecule has 2 amide bonds. The molecule has 2 aliphatic heterocycles. The molecule has 0 radical (unpaired) electrons. The largest absolute Gasteiger partial charge is 0.495 e. The van der Waals surface area contributed by atoms with Crippen molar-refractivity contribution in [2.45, 2.75) is 50.7 Å². The van der Waals surface area contributed by atoms with Gasteiger partial charge in [0.1, 0.15) is 29.8 Å². The van der Waals surface area contributed by atoms with E-state index in [4.69, 9.17) is 9.47 Å². The quantitative estimate of drug-likeness (QED) is 0.266. The maximum Gasteiger partial charge on any atom is 0.406 e. The zero-order chi connectivity index (χ0) is 35.5. The number of aromatic nitrogens is 2. The number of piperidine rings is 1. The van der Waals surface area contributed by atoms with Crippen LogP contribution in [0.3, 0.4) is 0 Å². The monoisotopic (exact) mass is 690 g/mol. The van der Waals surface area contributed by atoms with Crippen LogP contribution < -0.4 is 15.4 Å². The van der Waals surface area contributed by atoms with Crippen LogP contribution in [0.2, 0.25) is 0 Å². The second-order valence-electron chi connectivity index (χ2n) is 12.6. The van der Waals surface area contributed by atoms with Crippen molar-refractivity contribution >= 4 is 28.5 Å². The summed E-state index contributed by atoms with van der Waals surface area (Å²) in [6.07, 6.45) is -3.29. The summed E-state index contributed by atoms with van der Waals surface area (Å²) in [6.45, 7) is 2.45.